The number of carbonyl (C=O) groups excluding carboxylic acids is 1. The van der Waals surface area contributed by atoms with Crippen LogP contribution in [0.5, 0.6) is 0 Å². The molecule has 12 heteroatoms. The molecular formula is C21H23F3N4O5. The number of carbonyl (C=O) groups is 2. The molecule has 2 heterocycles. The molecule has 2 aromatic rings. The average molecular weight is 468 g/mol. The van der Waals surface area contributed by atoms with Crippen molar-refractivity contribution in [2.45, 2.75) is 56.6 Å². The predicted octanol–water partition coefficient (Wildman–Crippen LogP) is 3.62. The number of ether oxygens (including phenoxy) is 1. The number of aliphatic imine (C=N–C) groups is 1. The van der Waals surface area contributed by atoms with Crippen molar-refractivity contribution in [3.63, 3.8) is 0 Å². The molecule has 33 heavy (non-hydrogen) atoms. The normalized spacial score (nSPS) is 22.8. The summed E-state index contributed by atoms with van der Waals surface area (Å²) in [6.07, 6.45) is 2.99. The largest absolute Gasteiger partial charge is 0.483 e. The third-order valence-electron chi connectivity index (χ3n) is 5.57. The molecule has 0 saturated heterocycles. The molecule has 1 aromatic carbocycles. The number of benzene rings is 1. The molecule has 0 unspecified atom stereocenters. The standard InChI is InChI=1S/C20H21F3N4O3.CH2O2/c1-18(2)20(22,23)19(3,27-17(24)30-18)12-8-11(6-7-13(12)21)26-16(28)14-15(10-4-5-10)29-9-25-14;2-1-3/h6-10H,4-5H2,1-3H3,(H2,24,27)(H,26,28);1H,(H,2,3)/t19-;/m1./s1. The molecule has 1 aliphatic carbocycles. The monoisotopic (exact) mass is 468 g/mol. The number of anilines is 1. The first kappa shape index (κ1) is 24.1. The van der Waals surface area contributed by atoms with Crippen LogP contribution in [0.15, 0.2) is 34.0 Å². The summed E-state index contributed by atoms with van der Waals surface area (Å²) in [6, 6.07) is 2.91. The number of rotatable bonds is 4. The van der Waals surface area contributed by atoms with Crippen LogP contribution in [0.4, 0.5) is 18.9 Å². The number of carboxylic acid groups (broad SMARTS) is 1. The Morgan fingerprint density at radius 1 is 1.30 bits per heavy atom. The van der Waals surface area contributed by atoms with E-state index in [1.54, 1.807) is 0 Å². The molecule has 0 bridgehead atoms. The lowest BCUT2D eigenvalue weighted by atomic mass is 9.77. The molecule has 1 aliphatic heterocycles. The minimum atomic E-state index is -3.61. The fourth-order valence-electron chi connectivity index (χ4n) is 3.68. The molecule has 1 fully saturated rings. The van der Waals surface area contributed by atoms with Crippen LogP contribution in [0.1, 0.15) is 61.3 Å². The quantitative estimate of drug-likeness (QED) is 0.582. The predicted molar refractivity (Wildman–Crippen MR) is 111 cm³/mol. The summed E-state index contributed by atoms with van der Waals surface area (Å²) in [5.41, 5.74) is 1.04. The third-order valence-corrected chi connectivity index (χ3v) is 5.57. The molecular weight excluding hydrogens is 445 g/mol. The summed E-state index contributed by atoms with van der Waals surface area (Å²) in [4.78, 5) is 28.7. The van der Waals surface area contributed by atoms with E-state index < -0.39 is 40.4 Å². The van der Waals surface area contributed by atoms with Gasteiger partial charge in [0, 0.05) is 17.2 Å². The van der Waals surface area contributed by atoms with Gasteiger partial charge in [-0.15, -0.1) is 0 Å². The van der Waals surface area contributed by atoms with Gasteiger partial charge in [-0.2, -0.15) is 8.78 Å². The van der Waals surface area contributed by atoms with Crippen LogP contribution in [-0.4, -0.2) is 40.0 Å². The van der Waals surface area contributed by atoms with Gasteiger partial charge in [0.15, 0.2) is 23.2 Å². The maximum Gasteiger partial charge on any atom is 0.315 e. The zero-order valence-corrected chi connectivity index (χ0v) is 18.1. The Kier molecular flexibility index (Phi) is 6.14. The molecule has 1 amide bonds. The molecule has 0 spiro atoms. The van der Waals surface area contributed by atoms with Crippen molar-refractivity contribution >= 4 is 24.1 Å². The number of nitrogens with one attached hydrogen (secondary N) is 1. The first-order chi connectivity index (χ1) is 15.4. The first-order valence-electron chi connectivity index (χ1n) is 9.92. The summed E-state index contributed by atoms with van der Waals surface area (Å²) in [5.74, 6) is -4.47. The van der Waals surface area contributed by atoms with E-state index in [1.807, 2.05) is 0 Å². The number of aromatic nitrogens is 1. The van der Waals surface area contributed by atoms with E-state index in [2.05, 4.69) is 15.3 Å². The molecule has 4 N–H and O–H groups in total. The van der Waals surface area contributed by atoms with E-state index >= 15 is 8.78 Å². The van der Waals surface area contributed by atoms with E-state index in [0.29, 0.717) is 5.76 Å². The van der Waals surface area contributed by atoms with E-state index in [-0.39, 0.29) is 23.8 Å². The van der Waals surface area contributed by atoms with Crippen LogP contribution in [0, 0.1) is 5.82 Å². The molecule has 4 rings (SSSR count). The van der Waals surface area contributed by atoms with E-state index in [0.717, 1.165) is 45.7 Å². The second-order valence-corrected chi connectivity index (χ2v) is 8.30. The molecule has 1 atom stereocenters. The highest BCUT2D eigenvalue weighted by atomic mass is 19.3. The Morgan fingerprint density at radius 3 is 2.55 bits per heavy atom. The number of oxazole rings is 1. The van der Waals surface area contributed by atoms with Crippen LogP contribution in [-0.2, 0) is 15.1 Å². The summed E-state index contributed by atoms with van der Waals surface area (Å²) in [5, 5.41) is 9.46. The van der Waals surface area contributed by atoms with Crippen molar-refractivity contribution in [1.29, 1.82) is 0 Å². The lowest BCUT2D eigenvalue weighted by Crippen LogP contribution is -2.62. The van der Waals surface area contributed by atoms with Crippen LogP contribution in [0.2, 0.25) is 0 Å². The first-order valence-corrected chi connectivity index (χ1v) is 9.92. The summed E-state index contributed by atoms with van der Waals surface area (Å²) in [7, 11) is 0. The second kappa shape index (κ2) is 8.41. The van der Waals surface area contributed by atoms with Crippen LogP contribution in [0.25, 0.3) is 0 Å². The van der Waals surface area contributed by atoms with Crippen LogP contribution < -0.4 is 11.1 Å². The number of nitrogens with zero attached hydrogens (tertiary/aromatic N) is 2. The zero-order valence-electron chi connectivity index (χ0n) is 18.1. The van der Waals surface area contributed by atoms with Crippen molar-refractivity contribution in [1.82, 2.24) is 4.98 Å². The molecule has 178 valence electrons. The van der Waals surface area contributed by atoms with Crippen molar-refractivity contribution in [2.24, 2.45) is 10.7 Å². The Hall–Kier alpha value is -3.57. The summed E-state index contributed by atoms with van der Waals surface area (Å²) >= 11 is 0. The maximum atomic E-state index is 15.3. The highest BCUT2D eigenvalue weighted by Crippen LogP contribution is 2.52. The SMILES string of the molecule is CC1(C)OC(N)=N[C@](C)(c2cc(NC(=O)c3ncoc3C3CC3)ccc2F)C1(F)F.O=CO. The molecule has 2 aliphatic rings. The van der Waals surface area contributed by atoms with E-state index in [9.17, 15) is 9.18 Å². The molecule has 0 radical (unpaired) electrons. The topological polar surface area (TPSA) is 140 Å². The third kappa shape index (κ3) is 4.24. The minimum absolute atomic E-state index is 0.108. The van der Waals surface area contributed by atoms with Crippen molar-refractivity contribution in [3.8, 4) is 0 Å². The number of nitrogens with two attached hydrogens (primary N) is 1. The lowest BCUT2D eigenvalue weighted by molar-refractivity contribution is -0.207. The van der Waals surface area contributed by atoms with Crippen molar-refractivity contribution in [3.05, 3.63) is 47.4 Å². The van der Waals surface area contributed by atoms with Gasteiger partial charge in [-0.25, -0.2) is 14.4 Å². The van der Waals surface area contributed by atoms with Crippen molar-refractivity contribution < 1.29 is 37.0 Å². The average Bonchev–Trinajstić information content (AvgIpc) is 3.44. The number of hydrogen-bond donors (Lipinski definition) is 3. The number of hydrogen-bond acceptors (Lipinski definition) is 7. The Balaban J connectivity index is 0.000000968. The minimum Gasteiger partial charge on any atom is -0.483 e. The molecule has 9 nitrogen and oxygen atoms in total. The second-order valence-electron chi connectivity index (χ2n) is 8.30. The van der Waals surface area contributed by atoms with Gasteiger partial charge in [0.05, 0.1) is 0 Å². The number of amides is 1. The Bertz CT molecular complexity index is 1100. The van der Waals surface area contributed by atoms with E-state index in [4.69, 9.17) is 24.8 Å². The van der Waals surface area contributed by atoms with Crippen LogP contribution >= 0.6 is 0 Å². The Labute approximate surface area is 186 Å². The Morgan fingerprint density at radius 2 is 1.94 bits per heavy atom. The molecule has 1 aromatic heterocycles. The molecule has 1 saturated carbocycles. The van der Waals surface area contributed by atoms with E-state index in [1.165, 1.54) is 12.5 Å². The van der Waals surface area contributed by atoms with Gasteiger partial charge in [-0.1, -0.05) is 0 Å². The van der Waals surface area contributed by atoms with Gasteiger partial charge < -0.3 is 25.3 Å². The van der Waals surface area contributed by atoms with Gasteiger partial charge in [-0.05, 0) is 51.8 Å². The summed E-state index contributed by atoms with van der Waals surface area (Å²) in [6.45, 7) is 3.14. The fraction of sp³-hybridized carbons (Fsp3) is 0.429. The van der Waals surface area contributed by atoms with Gasteiger partial charge in [-0.3, -0.25) is 9.59 Å². The smallest absolute Gasteiger partial charge is 0.315 e. The number of amidine groups is 1. The van der Waals surface area contributed by atoms with Gasteiger partial charge in [0.2, 0.25) is 0 Å². The highest BCUT2D eigenvalue weighted by Gasteiger charge is 2.66. The van der Waals surface area contributed by atoms with Crippen molar-refractivity contribution in [2.75, 3.05) is 5.32 Å². The lowest BCUT2D eigenvalue weighted by Gasteiger charge is -2.46. The summed E-state index contributed by atoms with van der Waals surface area (Å²) < 4.78 is 55.5. The van der Waals surface area contributed by atoms with Gasteiger partial charge in [0.25, 0.3) is 18.4 Å². The number of alkyl halides is 2. The highest BCUT2D eigenvalue weighted by molar-refractivity contribution is 6.03. The zero-order chi connectivity index (χ0) is 24.6. The van der Waals surface area contributed by atoms with Gasteiger partial charge in [0.1, 0.15) is 11.6 Å². The number of halogens is 3. The maximum absolute atomic E-state index is 15.3. The fourth-order valence-corrected chi connectivity index (χ4v) is 3.68. The van der Waals surface area contributed by atoms with Gasteiger partial charge >= 0.3 is 5.92 Å². The van der Waals surface area contributed by atoms with Crippen LogP contribution in [0.3, 0.4) is 0 Å².